The Hall–Kier alpha value is -0.160. The van der Waals surface area contributed by atoms with Gasteiger partial charge in [0.2, 0.25) is 0 Å². The summed E-state index contributed by atoms with van der Waals surface area (Å²) in [7, 11) is 4.16. The molecular formula is C10H24N2O2. The van der Waals surface area contributed by atoms with Crippen LogP contribution >= 0.6 is 0 Å². The summed E-state index contributed by atoms with van der Waals surface area (Å²) in [6.07, 6.45) is 1.15. The summed E-state index contributed by atoms with van der Waals surface area (Å²) < 4.78 is 5.14. The summed E-state index contributed by atoms with van der Waals surface area (Å²) in [4.78, 5) is 2.18. The number of ether oxygens (including phenoxy) is 1. The lowest BCUT2D eigenvalue weighted by Crippen LogP contribution is -2.32. The number of rotatable bonds is 9. The summed E-state index contributed by atoms with van der Waals surface area (Å²) >= 11 is 0. The maximum atomic E-state index is 8.47. The van der Waals surface area contributed by atoms with E-state index in [-0.39, 0.29) is 6.61 Å². The van der Waals surface area contributed by atoms with Crippen molar-refractivity contribution >= 4 is 0 Å². The summed E-state index contributed by atoms with van der Waals surface area (Å²) in [5.74, 6) is 0. The Morgan fingerprint density at radius 3 is 2.64 bits per heavy atom. The monoisotopic (exact) mass is 204 g/mol. The van der Waals surface area contributed by atoms with E-state index in [4.69, 9.17) is 9.84 Å². The van der Waals surface area contributed by atoms with Crippen LogP contribution in [0.5, 0.6) is 0 Å². The molecule has 0 bridgehead atoms. The SMILES string of the molecule is CC(CCN(C)C)NCCOCCO. The largest absolute Gasteiger partial charge is 0.394 e. The Morgan fingerprint density at radius 2 is 2.07 bits per heavy atom. The van der Waals surface area contributed by atoms with Crippen molar-refractivity contribution in [3.05, 3.63) is 0 Å². The normalized spacial score (nSPS) is 13.5. The molecule has 14 heavy (non-hydrogen) atoms. The van der Waals surface area contributed by atoms with Crippen LogP contribution in [0.1, 0.15) is 13.3 Å². The molecule has 0 fully saturated rings. The van der Waals surface area contributed by atoms with Crippen LogP contribution in [0.25, 0.3) is 0 Å². The van der Waals surface area contributed by atoms with Crippen LogP contribution in [-0.2, 0) is 4.74 Å². The molecule has 2 N–H and O–H groups in total. The van der Waals surface area contributed by atoms with Gasteiger partial charge in [-0.1, -0.05) is 0 Å². The Bertz CT molecular complexity index is 121. The lowest BCUT2D eigenvalue weighted by molar-refractivity contribution is 0.0926. The van der Waals surface area contributed by atoms with Gasteiger partial charge in [0, 0.05) is 12.6 Å². The van der Waals surface area contributed by atoms with E-state index in [0.717, 1.165) is 19.5 Å². The van der Waals surface area contributed by atoms with Crippen molar-refractivity contribution in [3.8, 4) is 0 Å². The first-order chi connectivity index (χ1) is 6.66. The van der Waals surface area contributed by atoms with Crippen molar-refractivity contribution in [1.29, 1.82) is 0 Å². The second-order valence-corrected chi connectivity index (χ2v) is 3.78. The zero-order chi connectivity index (χ0) is 10.8. The second-order valence-electron chi connectivity index (χ2n) is 3.78. The van der Waals surface area contributed by atoms with E-state index in [1.54, 1.807) is 0 Å². The molecule has 0 heterocycles. The standard InChI is InChI=1S/C10H24N2O2/c1-10(4-6-12(2)3)11-5-8-14-9-7-13/h10-11,13H,4-9H2,1-3H3. The minimum Gasteiger partial charge on any atom is -0.394 e. The highest BCUT2D eigenvalue weighted by Crippen LogP contribution is 1.91. The molecule has 4 nitrogen and oxygen atoms in total. The Kier molecular flexibility index (Phi) is 9.29. The molecule has 0 aromatic carbocycles. The van der Waals surface area contributed by atoms with Gasteiger partial charge in [-0.25, -0.2) is 0 Å². The molecule has 0 saturated heterocycles. The predicted octanol–water partition coefficient (Wildman–Crippen LogP) is -0.0749. The van der Waals surface area contributed by atoms with E-state index in [1.807, 2.05) is 0 Å². The lowest BCUT2D eigenvalue weighted by Gasteiger charge is -2.16. The van der Waals surface area contributed by atoms with Crippen molar-refractivity contribution < 1.29 is 9.84 Å². The van der Waals surface area contributed by atoms with Crippen LogP contribution in [0, 0.1) is 0 Å². The topological polar surface area (TPSA) is 44.7 Å². The molecule has 1 unspecified atom stereocenters. The van der Waals surface area contributed by atoms with E-state index >= 15 is 0 Å². The smallest absolute Gasteiger partial charge is 0.0698 e. The summed E-state index contributed by atoms with van der Waals surface area (Å²) in [5, 5.41) is 11.8. The van der Waals surface area contributed by atoms with Gasteiger partial charge in [0.1, 0.15) is 0 Å². The summed E-state index contributed by atoms with van der Waals surface area (Å²) in [6.45, 7) is 5.35. The van der Waals surface area contributed by atoms with Gasteiger partial charge in [-0.2, -0.15) is 0 Å². The second kappa shape index (κ2) is 9.40. The number of aliphatic hydroxyl groups is 1. The summed E-state index contributed by atoms with van der Waals surface area (Å²) in [5.41, 5.74) is 0. The average Bonchev–Trinajstić information content (AvgIpc) is 2.14. The minimum atomic E-state index is 0.107. The molecule has 0 aliphatic heterocycles. The van der Waals surface area contributed by atoms with E-state index in [1.165, 1.54) is 0 Å². The van der Waals surface area contributed by atoms with Gasteiger partial charge >= 0.3 is 0 Å². The van der Waals surface area contributed by atoms with Crippen molar-refractivity contribution in [2.75, 3.05) is 47.0 Å². The molecule has 0 aliphatic carbocycles. The first-order valence-corrected chi connectivity index (χ1v) is 5.23. The van der Waals surface area contributed by atoms with Crippen molar-refractivity contribution in [1.82, 2.24) is 10.2 Å². The molecule has 0 radical (unpaired) electrons. The first-order valence-electron chi connectivity index (χ1n) is 5.23. The Labute approximate surface area is 87.2 Å². The summed E-state index contributed by atoms with van der Waals surface area (Å²) in [6, 6.07) is 0.523. The van der Waals surface area contributed by atoms with Gasteiger partial charge < -0.3 is 20.1 Å². The number of nitrogens with one attached hydrogen (secondary N) is 1. The highest BCUT2D eigenvalue weighted by molar-refractivity contribution is 4.61. The van der Waals surface area contributed by atoms with Crippen LogP contribution in [0.3, 0.4) is 0 Å². The molecule has 0 rings (SSSR count). The maximum absolute atomic E-state index is 8.47. The Balaban J connectivity index is 3.14. The first kappa shape index (κ1) is 13.8. The van der Waals surface area contributed by atoms with Crippen LogP contribution < -0.4 is 5.32 Å². The number of nitrogens with zero attached hydrogens (tertiary/aromatic N) is 1. The molecular weight excluding hydrogens is 180 g/mol. The lowest BCUT2D eigenvalue weighted by atomic mass is 10.2. The van der Waals surface area contributed by atoms with Crippen LogP contribution in [0.15, 0.2) is 0 Å². The zero-order valence-electron chi connectivity index (χ0n) is 9.62. The molecule has 86 valence electrons. The third kappa shape index (κ3) is 9.92. The van der Waals surface area contributed by atoms with Crippen LogP contribution in [-0.4, -0.2) is 63.1 Å². The van der Waals surface area contributed by atoms with Crippen molar-refractivity contribution in [3.63, 3.8) is 0 Å². The van der Waals surface area contributed by atoms with Gasteiger partial charge in [0.25, 0.3) is 0 Å². The third-order valence-corrected chi connectivity index (χ3v) is 1.98. The highest BCUT2D eigenvalue weighted by atomic mass is 16.5. The molecule has 0 aliphatic rings. The van der Waals surface area contributed by atoms with Crippen molar-refractivity contribution in [2.45, 2.75) is 19.4 Å². The van der Waals surface area contributed by atoms with Crippen LogP contribution in [0.2, 0.25) is 0 Å². The molecule has 0 saturated carbocycles. The average molecular weight is 204 g/mol. The maximum Gasteiger partial charge on any atom is 0.0698 e. The van der Waals surface area contributed by atoms with E-state index in [0.29, 0.717) is 19.3 Å². The fraction of sp³-hybridized carbons (Fsp3) is 1.00. The zero-order valence-corrected chi connectivity index (χ0v) is 9.62. The molecule has 1 atom stereocenters. The minimum absolute atomic E-state index is 0.107. The van der Waals surface area contributed by atoms with Crippen LogP contribution in [0.4, 0.5) is 0 Å². The molecule has 0 aromatic heterocycles. The Morgan fingerprint density at radius 1 is 1.36 bits per heavy atom. The third-order valence-electron chi connectivity index (χ3n) is 1.98. The van der Waals surface area contributed by atoms with Gasteiger partial charge in [0.05, 0.1) is 19.8 Å². The molecule has 4 heteroatoms. The predicted molar refractivity (Wildman–Crippen MR) is 58.5 cm³/mol. The van der Waals surface area contributed by atoms with Gasteiger partial charge in [-0.3, -0.25) is 0 Å². The number of aliphatic hydroxyl groups excluding tert-OH is 1. The van der Waals surface area contributed by atoms with E-state index < -0.39 is 0 Å². The number of hydrogen-bond acceptors (Lipinski definition) is 4. The quantitative estimate of drug-likeness (QED) is 0.516. The van der Waals surface area contributed by atoms with Crippen molar-refractivity contribution in [2.24, 2.45) is 0 Å². The van der Waals surface area contributed by atoms with E-state index in [9.17, 15) is 0 Å². The highest BCUT2D eigenvalue weighted by Gasteiger charge is 2.00. The molecule has 0 aromatic rings. The van der Waals surface area contributed by atoms with Gasteiger partial charge in [0.15, 0.2) is 0 Å². The van der Waals surface area contributed by atoms with Gasteiger partial charge in [-0.05, 0) is 34.0 Å². The molecule has 0 amide bonds. The fourth-order valence-electron chi connectivity index (χ4n) is 1.10. The number of hydrogen-bond donors (Lipinski definition) is 2. The molecule has 0 spiro atoms. The van der Waals surface area contributed by atoms with Gasteiger partial charge in [-0.15, -0.1) is 0 Å². The van der Waals surface area contributed by atoms with E-state index in [2.05, 4.69) is 31.2 Å². The fourth-order valence-corrected chi connectivity index (χ4v) is 1.10.